The van der Waals surface area contributed by atoms with E-state index < -0.39 is 41.9 Å². The molecule has 0 radical (unpaired) electrons. The lowest BCUT2D eigenvalue weighted by Gasteiger charge is -2.39. The average molecular weight is 515 g/mol. The Hall–Kier alpha value is -3.15. The molecule has 2 aliphatic rings. The number of fused-ring (bicyclic) bond motifs is 1. The van der Waals surface area contributed by atoms with Crippen molar-refractivity contribution in [1.82, 2.24) is 10.2 Å². The highest BCUT2D eigenvalue weighted by molar-refractivity contribution is 8.03. The largest absolute Gasteiger partial charge is 0.573 e. The number of ketones is 1. The fraction of sp³-hybridized carbons (Fsp3) is 0.435. The Morgan fingerprint density at radius 1 is 1.23 bits per heavy atom. The molecule has 1 aromatic rings. The molecule has 1 saturated heterocycles. The molecule has 0 aromatic heterocycles. The zero-order valence-electron chi connectivity index (χ0n) is 19.5. The minimum absolute atomic E-state index is 0.0109. The molecule has 1 N–H and O–H groups in total. The van der Waals surface area contributed by atoms with Crippen molar-refractivity contribution in [1.29, 1.82) is 0 Å². The van der Waals surface area contributed by atoms with E-state index in [1.54, 1.807) is 32.9 Å². The van der Waals surface area contributed by atoms with Gasteiger partial charge in [-0.2, -0.15) is 0 Å². The predicted molar refractivity (Wildman–Crippen MR) is 121 cm³/mol. The van der Waals surface area contributed by atoms with Gasteiger partial charge in [0.25, 0.3) is 0 Å². The summed E-state index contributed by atoms with van der Waals surface area (Å²) < 4.78 is 51.9. The van der Waals surface area contributed by atoms with Crippen LogP contribution in [-0.2, 0) is 25.6 Å². The quantitative estimate of drug-likeness (QED) is 0.591. The number of esters is 1. The van der Waals surface area contributed by atoms with Crippen molar-refractivity contribution in [3.8, 4) is 5.75 Å². The Morgan fingerprint density at radius 2 is 1.94 bits per heavy atom. The van der Waals surface area contributed by atoms with Gasteiger partial charge < -0.3 is 24.4 Å². The van der Waals surface area contributed by atoms with E-state index in [1.807, 2.05) is 0 Å². The number of amides is 1. The van der Waals surface area contributed by atoms with Gasteiger partial charge in [0.15, 0.2) is 5.78 Å². The molecule has 0 bridgehead atoms. The summed E-state index contributed by atoms with van der Waals surface area (Å²) in [4.78, 5) is 39.9. The van der Waals surface area contributed by atoms with E-state index in [-0.39, 0.29) is 23.7 Å². The second-order valence-corrected chi connectivity index (χ2v) is 9.90. The summed E-state index contributed by atoms with van der Waals surface area (Å²) in [5, 5.41) is 2.58. The number of benzene rings is 1. The van der Waals surface area contributed by atoms with Crippen LogP contribution in [0.1, 0.15) is 26.3 Å². The molecule has 8 nitrogen and oxygen atoms in total. The molecular formula is C23H25F3N2O6S. The molecule has 3 rings (SSSR count). The standard InChI is InChI=1S/C23H25F3N2O6S/c1-22(2,3)34-21(31)27-16-12-35-17-9-14(20(30)32-4)11-28(18(17)19(16)29)10-13-6-5-7-15(8-13)33-23(24,25)26/h5-9,11,16,18H,10,12H2,1-4H3,(H,27,31)/t16-,18?/m0/s1. The first-order chi connectivity index (χ1) is 16.3. The lowest BCUT2D eigenvalue weighted by molar-refractivity contribution is -0.274. The van der Waals surface area contributed by atoms with Gasteiger partial charge >= 0.3 is 18.4 Å². The number of carbonyl (C=O) groups is 3. The third kappa shape index (κ3) is 7.17. The molecule has 1 fully saturated rings. The van der Waals surface area contributed by atoms with Gasteiger partial charge in [0.05, 0.1) is 12.7 Å². The topological polar surface area (TPSA) is 94.2 Å². The fourth-order valence-corrected chi connectivity index (χ4v) is 4.77. The number of alkyl halides is 3. The zero-order chi connectivity index (χ0) is 26.0. The molecule has 35 heavy (non-hydrogen) atoms. The Morgan fingerprint density at radius 3 is 2.57 bits per heavy atom. The van der Waals surface area contributed by atoms with Crippen LogP contribution in [0.4, 0.5) is 18.0 Å². The first-order valence-corrected chi connectivity index (χ1v) is 11.5. The highest BCUT2D eigenvalue weighted by Gasteiger charge is 2.42. The SMILES string of the molecule is COC(=O)C1=CN(Cc2cccc(OC(F)(F)F)c2)C2C(=O)[C@@H](NC(=O)OC(C)(C)C)CSC2=C1. The third-order valence-electron chi connectivity index (χ3n) is 4.84. The second-order valence-electron chi connectivity index (χ2n) is 8.80. The Bertz CT molecular complexity index is 1060. The van der Waals surface area contributed by atoms with Gasteiger partial charge in [-0.05, 0) is 44.5 Å². The van der Waals surface area contributed by atoms with E-state index in [0.29, 0.717) is 10.5 Å². The number of Topliss-reactive ketones (excluding diaryl/α,β-unsaturated/α-hetero) is 1. The summed E-state index contributed by atoms with van der Waals surface area (Å²) in [6, 6.07) is 3.60. The number of hydrogen-bond donors (Lipinski definition) is 1. The van der Waals surface area contributed by atoms with Crippen LogP contribution in [0.25, 0.3) is 0 Å². The minimum Gasteiger partial charge on any atom is -0.465 e. The van der Waals surface area contributed by atoms with Crippen LogP contribution in [0.2, 0.25) is 0 Å². The van der Waals surface area contributed by atoms with Crippen LogP contribution >= 0.6 is 11.8 Å². The summed E-state index contributed by atoms with van der Waals surface area (Å²) in [5.74, 6) is -1.16. The number of rotatable bonds is 5. The molecule has 1 aromatic carbocycles. The smallest absolute Gasteiger partial charge is 0.465 e. The zero-order valence-corrected chi connectivity index (χ0v) is 20.3. The number of hydrogen-bond acceptors (Lipinski definition) is 8. The Kier molecular flexibility index (Phi) is 7.73. The lowest BCUT2D eigenvalue weighted by Crippen LogP contribution is -2.55. The molecule has 2 aliphatic heterocycles. The second kappa shape index (κ2) is 10.2. The van der Waals surface area contributed by atoms with Crippen molar-refractivity contribution in [3.05, 3.63) is 52.6 Å². The van der Waals surface area contributed by atoms with Gasteiger partial charge in [-0.3, -0.25) is 4.79 Å². The fourth-order valence-electron chi connectivity index (χ4n) is 3.54. The maximum Gasteiger partial charge on any atom is 0.573 e. The summed E-state index contributed by atoms with van der Waals surface area (Å²) in [6.45, 7) is 5.08. The van der Waals surface area contributed by atoms with Gasteiger partial charge in [-0.1, -0.05) is 12.1 Å². The van der Waals surface area contributed by atoms with Crippen molar-refractivity contribution in [2.75, 3.05) is 12.9 Å². The van der Waals surface area contributed by atoms with Crippen molar-refractivity contribution in [2.45, 2.75) is 51.4 Å². The third-order valence-corrected chi connectivity index (χ3v) is 6.02. The number of ether oxygens (including phenoxy) is 3. The van der Waals surface area contributed by atoms with Crippen molar-refractivity contribution in [2.24, 2.45) is 0 Å². The summed E-state index contributed by atoms with van der Waals surface area (Å²) in [5.41, 5.74) is -0.160. The van der Waals surface area contributed by atoms with E-state index >= 15 is 0 Å². The molecule has 0 spiro atoms. The van der Waals surface area contributed by atoms with Crippen LogP contribution in [0.15, 0.2) is 47.0 Å². The maximum atomic E-state index is 13.4. The number of methoxy groups -OCH3 is 1. The molecule has 12 heteroatoms. The monoisotopic (exact) mass is 514 g/mol. The summed E-state index contributed by atoms with van der Waals surface area (Å²) >= 11 is 1.28. The summed E-state index contributed by atoms with van der Waals surface area (Å²) in [6.07, 6.45) is -2.63. The maximum absolute atomic E-state index is 13.4. The van der Waals surface area contributed by atoms with Crippen LogP contribution in [0, 0.1) is 0 Å². The van der Waals surface area contributed by atoms with Crippen LogP contribution < -0.4 is 10.1 Å². The Labute approximate surface area is 204 Å². The Balaban J connectivity index is 1.86. The number of nitrogens with zero attached hydrogens (tertiary/aromatic N) is 1. The van der Waals surface area contributed by atoms with Crippen LogP contribution in [-0.4, -0.2) is 59.7 Å². The van der Waals surface area contributed by atoms with E-state index in [9.17, 15) is 27.6 Å². The van der Waals surface area contributed by atoms with Gasteiger partial charge in [0, 0.05) is 23.4 Å². The van der Waals surface area contributed by atoms with Crippen molar-refractivity contribution >= 4 is 29.6 Å². The van der Waals surface area contributed by atoms with Gasteiger partial charge in [-0.25, -0.2) is 9.59 Å². The van der Waals surface area contributed by atoms with Gasteiger partial charge in [0.2, 0.25) is 0 Å². The molecule has 1 unspecified atom stereocenters. The molecule has 1 amide bonds. The number of alkyl carbamates (subject to hydrolysis) is 1. The molecular weight excluding hydrogens is 489 g/mol. The molecule has 190 valence electrons. The average Bonchev–Trinajstić information content (AvgIpc) is 2.72. The normalized spacial score (nSPS) is 20.3. The predicted octanol–water partition coefficient (Wildman–Crippen LogP) is 3.92. The molecule has 2 atom stereocenters. The van der Waals surface area contributed by atoms with Crippen molar-refractivity contribution in [3.63, 3.8) is 0 Å². The lowest BCUT2D eigenvalue weighted by atomic mass is 9.98. The van der Waals surface area contributed by atoms with E-state index in [0.717, 1.165) is 6.07 Å². The van der Waals surface area contributed by atoms with Crippen LogP contribution in [0.3, 0.4) is 0 Å². The van der Waals surface area contributed by atoms with Crippen molar-refractivity contribution < 1.29 is 41.8 Å². The highest BCUT2D eigenvalue weighted by atomic mass is 32.2. The number of halogens is 3. The van der Waals surface area contributed by atoms with E-state index in [4.69, 9.17) is 9.47 Å². The first kappa shape index (κ1) is 26.5. The van der Waals surface area contributed by atoms with Crippen LogP contribution in [0.5, 0.6) is 5.75 Å². The van der Waals surface area contributed by atoms with Gasteiger partial charge in [0.1, 0.15) is 23.4 Å². The molecule has 0 aliphatic carbocycles. The molecule has 0 saturated carbocycles. The highest BCUT2D eigenvalue weighted by Crippen LogP contribution is 2.37. The number of thioether (sulfide) groups is 1. The van der Waals surface area contributed by atoms with Gasteiger partial charge in [-0.15, -0.1) is 24.9 Å². The minimum atomic E-state index is -4.85. The van der Waals surface area contributed by atoms with E-state index in [1.165, 1.54) is 42.1 Å². The first-order valence-electron chi connectivity index (χ1n) is 10.5. The summed E-state index contributed by atoms with van der Waals surface area (Å²) in [7, 11) is 1.22. The number of carbonyl (C=O) groups excluding carboxylic acids is 3. The van der Waals surface area contributed by atoms with E-state index in [2.05, 4.69) is 10.1 Å². The number of nitrogens with one attached hydrogen (secondary N) is 1. The molecule has 2 heterocycles.